The molecule has 0 aliphatic rings. The SMILES string of the molecule is O=[N+]([O-])c1cnc(Oc2c(F)cccc2F)nc1. The van der Waals surface area contributed by atoms with Crippen molar-refractivity contribution in [2.75, 3.05) is 0 Å². The van der Waals surface area contributed by atoms with Crippen LogP contribution in [-0.4, -0.2) is 14.9 Å². The number of nitrogens with zero attached hydrogens (tertiary/aromatic N) is 3. The van der Waals surface area contributed by atoms with Gasteiger partial charge in [-0.1, -0.05) is 6.07 Å². The van der Waals surface area contributed by atoms with E-state index in [1.54, 1.807) is 0 Å². The average molecular weight is 253 g/mol. The number of aromatic nitrogens is 2. The van der Waals surface area contributed by atoms with Crippen molar-refractivity contribution < 1.29 is 18.4 Å². The summed E-state index contributed by atoms with van der Waals surface area (Å²) >= 11 is 0. The average Bonchev–Trinajstić information content (AvgIpc) is 2.34. The van der Waals surface area contributed by atoms with E-state index < -0.39 is 22.3 Å². The van der Waals surface area contributed by atoms with Crippen molar-refractivity contribution in [3.05, 3.63) is 52.3 Å². The number of para-hydroxylation sites is 1. The van der Waals surface area contributed by atoms with Crippen LogP contribution in [0.3, 0.4) is 0 Å². The number of ether oxygens (including phenoxy) is 1. The zero-order valence-electron chi connectivity index (χ0n) is 8.71. The highest BCUT2D eigenvalue weighted by Crippen LogP contribution is 2.25. The quantitative estimate of drug-likeness (QED) is 0.620. The molecule has 0 amide bonds. The molecule has 2 aromatic rings. The molecule has 1 aromatic carbocycles. The van der Waals surface area contributed by atoms with Crippen molar-refractivity contribution in [2.24, 2.45) is 0 Å². The van der Waals surface area contributed by atoms with Gasteiger partial charge in [-0.25, -0.2) is 8.78 Å². The Hall–Kier alpha value is -2.64. The van der Waals surface area contributed by atoms with Gasteiger partial charge in [0.15, 0.2) is 11.6 Å². The Morgan fingerprint density at radius 1 is 1.17 bits per heavy atom. The Labute approximate surface area is 99.0 Å². The van der Waals surface area contributed by atoms with Crippen LogP contribution in [0.1, 0.15) is 0 Å². The summed E-state index contributed by atoms with van der Waals surface area (Å²) in [6, 6.07) is 2.80. The van der Waals surface area contributed by atoms with Gasteiger partial charge in [0.2, 0.25) is 5.75 Å². The lowest BCUT2D eigenvalue weighted by molar-refractivity contribution is -0.385. The van der Waals surface area contributed by atoms with E-state index in [1.165, 1.54) is 6.07 Å². The fourth-order valence-electron chi connectivity index (χ4n) is 1.13. The third kappa shape index (κ3) is 2.37. The van der Waals surface area contributed by atoms with Crippen molar-refractivity contribution in [1.29, 1.82) is 0 Å². The second kappa shape index (κ2) is 4.70. The van der Waals surface area contributed by atoms with E-state index in [4.69, 9.17) is 4.74 Å². The topological polar surface area (TPSA) is 78.2 Å². The van der Waals surface area contributed by atoms with Crippen LogP contribution in [0.4, 0.5) is 14.5 Å². The maximum atomic E-state index is 13.2. The van der Waals surface area contributed by atoms with E-state index in [0.717, 1.165) is 24.5 Å². The predicted octanol–water partition coefficient (Wildman–Crippen LogP) is 2.46. The Morgan fingerprint density at radius 3 is 2.22 bits per heavy atom. The first-order chi connectivity index (χ1) is 8.58. The summed E-state index contributed by atoms with van der Waals surface area (Å²) in [6.07, 6.45) is 1.75. The van der Waals surface area contributed by atoms with E-state index in [0.29, 0.717) is 0 Å². The summed E-state index contributed by atoms with van der Waals surface area (Å²) in [6.45, 7) is 0. The van der Waals surface area contributed by atoms with Gasteiger partial charge in [0.25, 0.3) is 0 Å². The maximum absolute atomic E-state index is 13.2. The molecule has 8 heteroatoms. The molecule has 1 aromatic heterocycles. The largest absolute Gasteiger partial charge is 0.418 e. The second-order valence-electron chi connectivity index (χ2n) is 3.13. The summed E-state index contributed by atoms with van der Waals surface area (Å²) in [5.74, 6) is -2.50. The highest BCUT2D eigenvalue weighted by atomic mass is 19.1. The maximum Gasteiger partial charge on any atom is 0.322 e. The van der Waals surface area contributed by atoms with Gasteiger partial charge in [-0.05, 0) is 12.1 Å². The lowest BCUT2D eigenvalue weighted by Crippen LogP contribution is -1.97. The van der Waals surface area contributed by atoms with Crippen LogP contribution >= 0.6 is 0 Å². The van der Waals surface area contributed by atoms with Gasteiger partial charge in [-0.2, -0.15) is 9.97 Å². The molecule has 0 aliphatic carbocycles. The van der Waals surface area contributed by atoms with Gasteiger partial charge in [0.1, 0.15) is 12.4 Å². The fourth-order valence-corrected chi connectivity index (χ4v) is 1.13. The van der Waals surface area contributed by atoms with Gasteiger partial charge < -0.3 is 4.74 Å². The first-order valence-corrected chi connectivity index (χ1v) is 4.66. The van der Waals surface area contributed by atoms with E-state index in [9.17, 15) is 18.9 Å². The summed E-state index contributed by atoms with van der Waals surface area (Å²) in [5, 5.41) is 10.3. The molecule has 0 aliphatic heterocycles. The van der Waals surface area contributed by atoms with E-state index in [2.05, 4.69) is 9.97 Å². The van der Waals surface area contributed by atoms with Crippen LogP contribution in [0.15, 0.2) is 30.6 Å². The molecule has 0 saturated heterocycles. The van der Waals surface area contributed by atoms with Crippen molar-refractivity contribution in [2.45, 2.75) is 0 Å². The highest BCUT2D eigenvalue weighted by Gasteiger charge is 2.13. The molecule has 2 rings (SSSR count). The van der Waals surface area contributed by atoms with Crippen molar-refractivity contribution in [3.63, 3.8) is 0 Å². The Bertz CT molecular complexity index is 569. The third-order valence-electron chi connectivity index (χ3n) is 1.94. The molecule has 92 valence electrons. The molecule has 0 atom stereocenters. The van der Waals surface area contributed by atoms with Gasteiger partial charge in [-0.15, -0.1) is 0 Å². The second-order valence-corrected chi connectivity index (χ2v) is 3.13. The smallest absolute Gasteiger partial charge is 0.322 e. The fraction of sp³-hybridized carbons (Fsp3) is 0. The minimum Gasteiger partial charge on any atom is -0.418 e. The van der Waals surface area contributed by atoms with Gasteiger partial charge >= 0.3 is 11.7 Å². The molecule has 0 saturated carbocycles. The number of nitro groups is 1. The van der Waals surface area contributed by atoms with E-state index >= 15 is 0 Å². The first kappa shape index (κ1) is 11.8. The van der Waals surface area contributed by atoms with Gasteiger partial charge in [-0.3, -0.25) is 10.1 Å². The zero-order chi connectivity index (χ0) is 13.1. The van der Waals surface area contributed by atoms with Gasteiger partial charge in [0.05, 0.1) is 4.92 Å². The number of hydrogen-bond acceptors (Lipinski definition) is 5. The highest BCUT2D eigenvalue weighted by molar-refractivity contribution is 5.29. The van der Waals surface area contributed by atoms with Crippen LogP contribution in [0.2, 0.25) is 0 Å². The molecule has 0 radical (unpaired) electrons. The molecular weight excluding hydrogens is 248 g/mol. The first-order valence-electron chi connectivity index (χ1n) is 4.66. The molecule has 0 N–H and O–H groups in total. The number of halogens is 2. The summed E-state index contributed by atoms with van der Waals surface area (Å²) < 4.78 is 31.2. The molecule has 0 spiro atoms. The van der Waals surface area contributed by atoms with E-state index in [-0.39, 0.29) is 11.7 Å². The molecule has 0 fully saturated rings. The summed E-state index contributed by atoms with van der Waals surface area (Å²) in [7, 11) is 0. The molecule has 6 nitrogen and oxygen atoms in total. The van der Waals surface area contributed by atoms with E-state index in [1.807, 2.05) is 0 Å². The molecular formula is C10H5F2N3O3. The predicted molar refractivity (Wildman–Crippen MR) is 55.1 cm³/mol. The van der Waals surface area contributed by atoms with Gasteiger partial charge in [0, 0.05) is 0 Å². The minimum absolute atomic E-state index is 0.351. The lowest BCUT2D eigenvalue weighted by atomic mass is 10.3. The number of benzene rings is 1. The number of rotatable bonds is 3. The summed E-state index contributed by atoms with van der Waals surface area (Å²) in [4.78, 5) is 16.6. The van der Waals surface area contributed by atoms with Crippen LogP contribution in [0.5, 0.6) is 11.8 Å². The third-order valence-corrected chi connectivity index (χ3v) is 1.94. The van der Waals surface area contributed by atoms with Crippen LogP contribution in [0.25, 0.3) is 0 Å². The zero-order valence-corrected chi connectivity index (χ0v) is 8.71. The molecule has 1 heterocycles. The lowest BCUT2D eigenvalue weighted by Gasteiger charge is -2.04. The normalized spacial score (nSPS) is 10.1. The Morgan fingerprint density at radius 2 is 1.72 bits per heavy atom. The Balaban J connectivity index is 2.26. The minimum atomic E-state index is -0.919. The molecule has 0 unspecified atom stereocenters. The van der Waals surface area contributed by atoms with Crippen LogP contribution < -0.4 is 4.74 Å². The van der Waals surface area contributed by atoms with Crippen LogP contribution in [-0.2, 0) is 0 Å². The monoisotopic (exact) mass is 253 g/mol. The van der Waals surface area contributed by atoms with Crippen molar-refractivity contribution in [1.82, 2.24) is 9.97 Å². The van der Waals surface area contributed by atoms with Crippen molar-refractivity contribution in [3.8, 4) is 11.8 Å². The van der Waals surface area contributed by atoms with Crippen molar-refractivity contribution >= 4 is 5.69 Å². The molecule has 0 bridgehead atoms. The number of hydrogen-bond donors (Lipinski definition) is 0. The standard InChI is InChI=1S/C10H5F2N3O3/c11-7-2-1-3-8(12)9(7)18-10-13-4-6(5-14-10)15(16)17/h1-5H. The van der Waals surface area contributed by atoms with Crippen LogP contribution in [0, 0.1) is 21.7 Å². The molecule has 18 heavy (non-hydrogen) atoms. The summed E-state index contributed by atoms with van der Waals surface area (Å²) in [5.41, 5.74) is -0.351. The Kier molecular flexibility index (Phi) is 3.09.